The number of nitrogens with two attached hydrogens (primary N) is 1. The van der Waals surface area contributed by atoms with Crippen LogP contribution in [0.1, 0.15) is 23.2 Å². The number of carbonyl (C=O) groups excluding carboxylic acids is 1. The van der Waals surface area contributed by atoms with Gasteiger partial charge in [0.05, 0.1) is 26.4 Å². The fraction of sp³-hybridized carbons (Fsp3) is 0.478. The number of rotatable bonds is 15. The molecule has 0 bridgehead atoms. The predicted molar refractivity (Wildman–Crippen MR) is 133 cm³/mol. The minimum atomic E-state index is -0.187. The standard InChI is InChI=1S/C23H34N8O3/c1-2-9-26-21-28-22(30-23(29-21)31-11-3-4-12-31)27-19-7-5-6-18(17-19)20(32)25-10-14-34-16-15-33-13-8-24/h2,5-7,17H,1,3-4,8-16,24H2,(H,25,32)(H2,26,27,28,29,30). The summed E-state index contributed by atoms with van der Waals surface area (Å²) < 4.78 is 10.7. The molecule has 1 saturated heterocycles. The minimum Gasteiger partial charge on any atom is -0.378 e. The molecule has 2 heterocycles. The highest BCUT2D eigenvalue weighted by atomic mass is 16.5. The van der Waals surface area contributed by atoms with Gasteiger partial charge in [-0.3, -0.25) is 4.79 Å². The van der Waals surface area contributed by atoms with E-state index in [4.69, 9.17) is 15.2 Å². The van der Waals surface area contributed by atoms with E-state index in [1.807, 2.05) is 12.1 Å². The van der Waals surface area contributed by atoms with Gasteiger partial charge in [0.15, 0.2) is 0 Å². The molecule has 34 heavy (non-hydrogen) atoms. The van der Waals surface area contributed by atoms with Crippen molar-refractivity contribution in [3.63, 3.8) is 0 Å². The molecule has 5 N–H and O–H groups in total. The maximum absolute atomic E-state index is 12.5. The molecular weight excluding hydrogens is 436 g/mol. The van der Waals surface area contributed by atoms with Gasteiger partial charge in [-0.2, -0.15) is 15.0 Å². The zero-order valence-corrected chi connectivity index (χ0v) is 19.5. The number of carbonyl (C=O) groups is 1. The first kappa shape index (κ1) is 25.3. The average Bonchev–Trinajstić information content (AvgIpc) is 3.39. The lowest BCUT2D eigenvalue weighted by Gasteiger charge is -2.17. The Kier molecular flexibility index (Phi) is 10.5. The van der Waals surface area contributed by atoms with E-state index < -0.39 is 0 Å². The molecule has 1 aliphatic rings. The number of anilines is 4. The molecule has 1 amide bonds. The number of hydrogen-bond donors (Lipinski definition) is 4. The van der Waals surface area contributed by atoms with E-state index in [2.05, 4.69) is 42.4 Å². The van der Waals surface area contributed by atoms with Crippen molar-refractivity contribution in [3.05, 3.63) is 42.5 Å². The van der Waals surface area contributed by atoms with Gasteiger partial charge in [0, 0.05) is 44.0 Å². The number of aromatic nitrogens is 3. The second-order valence-electron chi connectivity index (χ2n) is 7.62. The number of hydrogen-bond acceptors (Lipinski definition) is 10. The SMILES string of the molecule is C=CCNc1nc(Nc2cccc(C(=O)NCCOCCOCCN)c2)nc(N2CCCC2)n1. The first-order valence-electron chi connectivity index (χ1n) is 11.6. The molecule has 1 aromatic carbocycles. The van der Waals surface area contributed by atoms with Crippen molar-refractivity contribution < 1.29 is 14.3 Å². The summed E-state index contributed by atoms with van der Waals surface area (Å²) in [7, 11) is 0. The zero-order valence-electron chi connectivity index (χ0n) is 19.5. The Labute approximate surface area is 200 Å². The Balaban J connectivity index is 1.57. The second-order valence-corrected chi connectivity index (χ2v) is 7.62. The molecule has 0 aliphatic carbocycles. The van der Waals surface area contributed by atoms with E-state index in [0.29, 0.717) is 75.2 Å². The maximum atomic E-state index is 12.5. The molecule has 3 rings (SSSR count). The average molecular weight is 471 g/mol. The van der Waals surface area contributed by atoms with Gasteiger partial charge in [0.2, 0.25) is 17.8 Å². The smallest absolute Gasteiger partial charge is 0.251 e. The van der Waals surface area contributed by atoms with Crippen LogP contribution in [0, 0.1) is 0 Å². The molecule has 0 unspecified atom stereocenters. The number of benzene rings is 1. The molecule has 11 nitrogen and oxygen atoms in total. The van der Waals surface area contributed by atoms with Gasteiger partial charge in [-0.05, 0) is 31.0 Å². The van der Waals surface area contributed by atoms with Crippen molar-refractivity contribution >= 4 is 29.4 Å². The number of nitrogens with zero attached hydrogens (tertiary/aromatic N) is 4. The van der Waals surface area contributed by atoms with Gasteiger partial charge < -0.3 is 36.1 Å². The van der Waals surface area contributed by atoms with Crippen LogP contribution in [0.25, 0.3) is 0 Å². The molecule has 0 atom stereocenters. The van der Waals surface area contributed by atoms with Crippen LogP contribution >= 0.6 is 0 Å². The Morgan fingerprint density at radius 3 is 2.62 bits per heavy atom. The van der Waals surface area contributed by atoms with Crippen molar-refractivity contribution in [2.45, 2.75) is 12.8 Å². The maximum Gasteiger partial charge on any atom is 0.251 e. The van der Waals surface area contributed by atoms with Crippen LogP contribution in [0.3, 0.4) is 0 Å². The molecule has 1 aliphatic heterocycles. The topological polar surface area (TPSA) is 140 Å². The van der Waals surface area contributed by atoms with Crippen molar-refractivity contribution in [1.29, 1.82) is 0 Å². The van der Waals surface area contributed by atoms with Crippen LogP contribution in [-0.4, -0.2) is 80.0 Å². The van der Waals surface area contributed by atoms with Crippen LogP contribution in [0.15, 0.2) is 36.9 Å². The summed E-state index contributed by atoms with van der Waals surface area (Å²) in [5, 5.41) is 9.17. The summed E-state index contributed by atoms with van der Waals surface area (Å²) in [6.07, 6.45) is 3.98. The highest BCUT2D eigenvalue weighted by Crippen LogP contribution is 2.21. The molecule has 184 valence electrons. The van der Waals surface area contributed by atoms with Crippen molar-refractivity contribution in [3.8, 4) is 0 Å². The molecular formula is C23H34N8O3. The van der Waals surface area contributed by atoms with Gasteiger partial charge >= 0.3 is 0 Å². The molecule has 0 saturated carbocycles. The fourth-order valence-electron chi connectivity index (χ4n) is 3.33. The lowest BCUT2D eigenvalue weighted by Crippen LogP contribution is -2.27. The van der Waals surface area contributed by atoms with Crippen molar-refractivity contribution in [1.82, 2.24) is 20.3 Å². The molecule has 1 aromatic heterocycles. The Bertz CT molecular complexity index is 921. The quantitative estimate of drug-likeness (QED) is 0.224. The van der Waals surface area contributed by atoms with Gasteiger partial charge in [0.25, 0.3) is 5.91 Å². The van der Waals surface area contributed by atoms with Crippen molar-refractivity contribution in [2.24, 2.45) is 5.73 Å². The third-order valence-corrected chi connectivity index (χ3v) is 4.96. The molecule has 0 spiro atoms. The first-order chi connectivity index (χ1) is 16.7. The van der Waals surface area contributed by atoms with E-state index in [1.165, 1.54) is 0 Å². The van der Waals surface area contributed by atoms with Crippen LogP contribution in [-0.2, 0) is 9.47 Å². The second kappa shape index (κ2) is 14.1. The van der Waals surface area contributed by atoms with E-state index in [0.717, 1.165) is 25.9 Å². The van der Waals surface area contributed by atoms with Crippen LogP contribution in [0.2, 0.25) is 0 Å². The van der Waals surface area contributed by atoms with Gasteiger partial charge in [0.1, 0.15) is 0 Å². The molecule has 0 radical (unpaired) electrons. The Morgan fingerprint density at radius 2 is 1.85 bits per heavy atom. The number of nitrogens with one attached hydrogen (secondary N) is 3. The summed E-state index contributed by atoms with van der Waals surface area (Å²) in [6.45, 7) is 8.87. The summed E-state index contributed by atoms with van der Waals surface area (Å²) in [5.74, 6) is 1.32. The summed E-state index contributed by atoms with van der Waals surface area (Å²) in [4.78, 5) is 28.2. The first-order valence-corrected chi connectivity index (χ1v) is 11.6. The van der Waals surface area contributed by atoms with Crippen LogP contribution in [0.5, 0.6) is 0 Å². The summed E-state index contributed by atoms with van der Waals surface area (Å²) in [6, 6.07) is 7.18. The largest absolute Gasteiger partial charge is 0.378 e. The van der Waals surface area contributed by atoms with Gasteiger partial charge in [-0.15, -0.1) is 6.58 Å². The van der Waals surface area contributed by atoms with Crippen LogP contribution in [0.4, 0.5) is 23.5 Å². The highest BCUT2D eigenvalue weighted by Gasteiger charge is 2.17. The number of amides is 1. The van der Waals surface area contributed by atoms with Gasteiger partial charge in [-0.25, -0.2) is 0 Å². The van der Waals surface area contributed by atoms with E-state index >= 15 is 0 Å². The summed E-state index contributed by atoms with van der Waals surface area (Å²) >= 11 is 0. The molecule has 11 heteroatoms. The fourth-order valence-corrected chi connectivity index (χ4v) is 3.33. The predicted octanol–water partition coefficient (Wildman–Crippen LogP) is 1.54. The Hall–Kier alpha value is -3.28. The van der Waals surface area contributed by atoms with Crippen LogP contribution < -0.4 is 26.6 Å². The third kappa shape index (κ3) is 8.25. The third-order valence-electron chi connectivity index (χ3n) is 4.96. The minimum absolute atomic E-state index is 0.187. The normalized spacial score (nSPS) is 13.0. The van der Waals surface area contributed by atoms with E-state index in [-0.39, 0.29) is 5.91 Å². The van der Waals surface area contributed by atoms with E-state index in [1.54, 1.807) is 18.2 Å². The summed E-state index contributed by atoms with van der Waals surface area (Å²) in [5.41, 5.74) is 6.58. The van der Waals surface area contributed by atoms with Crippen molar-refractivity contribution in [2.75, 3.05) is 74.7 Å². The van der Waals surface area contributed by atoms with Gasteiger partial charge in [-0.1, -0.05) is 12.1 Å². The number of ether oxygens (including phenoxy) is 2. The zero-order chi connectivity index (χ0) is 24.0. The lowest BCUT2D eigenvalue weighted by atomic mass is 10.2. The Morgan fingerprint density at radius 1 is 1.09 bits per heavy atom. The molecule has 1 fully saturated rings. The van der Waals surface area contributed by atoms with E-state index in [9.17, 15) is 4.79 Å². The highest BCUT2D eigenvalue weighted by molar-refractivity contribution is 5.95. The monoisotopic (exact) mass is 470 g/mol. The lowest BCUT2D eigenvalue weighted by molar-refractivity contribution is 0.0511. The molecule has 2 aromatic rings.